The number of ether oxygens (including phenoxy) is 2. The predicted octanol–water partition coefficient (Wildman–Crippen LogP) is 3.31. The molecule has 0 bridgehead atoms. The van der Waals surface area contributed by atoms with Gasteiger partial charge in [-0.3, -0.25) is 9.32 Å². The number of hydrogen-bond acceptors (Lipinski definition) is 11. The van der Waals surface area contributed by atoms with Gasteiger partial charge in [-0.2, -0.15) is 15.4 Å². The van der Waals surface area contributed by atoms with Crippen LogP contribution in [0.2, 0.25) is 5.02 Å². The molecular formula is C25H29ClFN6O7P. The number of halogens is 2. The van der Waals surface area contributed by atoms with E-state index in [0.717, 1.165) is 13.3 Å². The predicted molar refractivity (Wildman–Crippen MR) is 145 cm³/mol. The Kier molecular flexibility index (Phi) is 8.61. The van der Waals surface area contributed by atoms with Crippen LogP contribution in [0.1, 0.15) is 33.4 Å². The largest absolute Gasteiger partial charge is 0.462 e. The Labute approximate surface area is 239 Å². The van der Waals surface area contributed by atoms with Crippen LogP contribution in [0.3, 0.4) is 0 Å². The van der Waals surface area contributed by atoms with Crippen molar-refractivity contribution in [2.45, 2.75) is 63.3 Å². The van der Waals surface area contributed by atoms with Gasteiger partial charge in [0.25, 0.3) is 0 Å². The molecule has 3 heterocycles. The van der Waals surface area contributed by atoms with Gasteiger partial charge in [0.15, 0.2) is 11.5 Å². The van der Waals surface area contributed by atoms with E-state index in [1.54, 1.807) is 13.8 Å². The molecule has 220 valence electrons. The van der Waals surface area contributed by atoms with Crippen LogP contribution < -0.4 is 15.3 Å². The number of alkyl halides is 1. The van der Waals surface area contributed by atoms with Crippen LogP contribution in [-0.2, 0) is 29.0 Å². The summed E-state index contributed by atoms with van der Waals surface area (Å²) < 4.78 is 53.4. The standard InChI is InChI=1S/C25H29ClFN6O7P/c1-14(2)38-23(35)15(3)32-41(36,40-17-7-5-16(26)6-8-17)37-11-19-21(34)24(4,27)25(12-28,39-19)20-10-9-18-22(29)30-13-31-33(18)20/h5-10,13-15,19,21,34H,11H2,1-4H3,(H,32,36)(H2,29,30,31). The molecule has 0 aliphatic carbocycles. The molecule has 0 spiro atoms. The molecule has 1 saturated heterocycles. The van der Waals surface area contributed by atoms with Gasteiger partial charge < -0.3 is 24.8 Å². The molecule has 13 nitrogen and oxygen atoms in total. The number of rotatable bonds is 10. The third-order valence-electron chi connectivity index (χ3n) is 6.43. The lowest BCUT2D eigenvalue weighted by molar-refractivity contribution is -0.149. The second kappa shape index (κ2) is 11.5. The number of nitrogens with one attached hydrogen (secondary N) is 1. The van der Waals surface area contributed by atoms with E-state index in [-0.39, 0.29) is 22.8 Å². The lowest BCUT2D eigenvalue weighted by atomic mass is 9.82. The van der Waals surface area contributed by atoms with Crippen molar-refractivity contribution < 1.29 is 37.4 Å². The van der Waals surface area contributed by atoms with Crippen LogP contribution in [0.5, 0.6) is 5.75 Å². The summed E-state index contributed by atoms with van der Waals surface area (Å²) in [4.78, 5) is 16.3. The van der Waals surface area contributed by atoms with Crippen LogP contribution in [0, 0.1) is 11.3 Å². The van der Waals surface area contributed by atoms with E-state index >= 15 is 4.39 Å². The number of carbonyl (C=O) groups is 1. The fourth-order valence-electron chi connectivity index (χ4n) is 4.33. The first-order valence-corrected chi connectivity index (χ1v) is 14.4. The number of carbonyl (C=O) groups excluding carboxylic acids is 1. The smallest absolute Gasteiger partial charge is 0.459 e. The lowest BCUT2D eigenvalue weighted by Gasteiger charge is -2.30. The molecule has 0 amide bonds. The van der Waals surface area contributed by atoms with Gasteiger partial charge in [-0.15, -0.1) is 0 Å². The summed E-state index contributed by atoms with van der Waals surface area (Å²) in [7, 11) is -4.42. The van der Waals surface area contributed by atoms with Crippen molar-refractivity contribution in [3.63, 3.8) is 0 Å². The molecule has 2 aromatic heterocycles. The van der Waals surface area contributed by atoms with Gasteiger partial charge in [0.05, 0.1) is 18.4 Å². The minimum absolute atomic E-state index is 0.0561. The lowest BCUT2D eigenvalue weighted by Crippen LogP contribution is -2.48. The van der Waals surface area contributed by atoms with E-state index in [0.29, 0.717) is 5.02 Å². The van der Waals surface area contributed by atoms with Crippen molar-refractivity contribution >= 4 is 36.7 Å². The summed E-state index contributed by atoms with van der Waals surface area (Å²) in [5.41, 5.74) is 1.03. The fraction of sp³-hybridized carbons (Fsp3) is 0.440. The molecule has 0 saturated carbocycles. The molecule has 1 aliphatic heterocycles. The number of nitrogen functional groups attached to an aromatic ring is 1. The summed E-state index contributed by atoms with van der Waals surface area (Å²) in [5.74, 6) is -0.585. The Bertz CT molecular complexity index is 1510. The topological polar surface area (TPSA) is 183 Å². The Morgan fingerprint density at radius 2 is 2.02 bits per heavy atom. The molecule has 4 rings (SSSR count). The molecule has 3 aromatic rings. The van der Waals surface area contributed by atoms with Crippen molar-refractivity contribution in [2.24, 2.45) is 0 Å². The maximum atomic E-state index is 16.3. The van der Waals surface area contributed by atoms with E-state index in [9.17, 15) is 19.7 Å². The van der Waals surface area contributed by atoms with Gasteiger partial charge >= 0.3 is 13.7 Å². The second-order valence-corrected chi connectivity index (χ2v) is 11.9. The molecule has 16 heteroatoms. The summed E-state index contributed by atoms with van der Waals surface area (Å²) in [5, 5.41) is 28.1. The number of anilines is 1. The number of aromatic nitrogens is 3. The summed E-state index contributed by atoms with van der Waals surface area (Å²) in [6.45, 7) is 4.96. The van der Waals surface area contributed by atoms with Gasteiger partial charge in [0.1, 0.15) is 41.9 Å². The molecule has 6 unspecified atom stereocenters. The quantitative estimate of drug-likeness (QED) is 0.225. The number of nitrogens with zero attached hydrogens (tertiary/aromatic N) is 4. The van der Waals surface area contributed by atoms with Gasteiger partial charge in [-0.25, -0.2) is 18.5 Å². The number of esters is 1. The van der Waals surface area contributed by atoms with Crippen molar-refractivity contribution in [3.05, 3.63) is 53.4 Å². The Balaban J connectivity index is 1.62. The third-order valence-corrected chi connectivity index (χ3v) is 8.32. The number of nitriles is 1. The maximum absolute atomic E-state index is 16.3. The molecule has 41 heavy (non-hydrogen) atoms. The Morgan fingerprint density at radius 3 is 2.66 bits per heavy atom. The second-order valence-electron chi connectivity index (χ2n) is 9.81. The van der Waals surface area contributed by atoms with Crippen LogP contribution in [-0.4, -0.2) is 62.3 Å². The first-order chi connectivity index (χ1) is 19.2. The molecular weight excluding hydrogens is 582 g/mol. The van der Waals surface area contributed by atoms with Crippen molar-refractivity contribution in [2.75, 3.05) is 12.3 Å². The molecule has 0 radical (unpaired) electrons. The Morgan fingerprint density at radius 1 is 1.34 bits per heavy atom. The molecule has 1 aromatic carbocycles. The highest BCUT2D eigenvalue weighted by Gasteiger charge is 2.67. The van der Waals surface area contributed by atoms with Crippen LogP contribution in [0.15, 0.2) is 42.7 Å². The number of benzene rings is 1. The molecule has 6 atom stereocenters. The van der Waals surface area contributed by atoms with E-state index in [1.807, 2.05) is 6.07 Å². The minimum Gasteiger partial charge on any atom is -0.462 e. The number of aliphatic hydroxyl groups excluding tert-OH is 1. The van der Waals surface area contributed by atoms with E-state index in [2.05, 4.69) is 15.2 Å². The van der Waals surface area contributed by atoms with E-state index in [1.165, 1.54) is 47.8 Å². The normalized spacial score (nSPS) is 26.4. The molecule has 1 fully saturated rings. The van der Waals surface area contributed by atoms with Gasteiger partial charge in [-0.05, 0) is 64.1 Å². The zero-order chi connectivity index (χ0) is 30.2. The SMILES string of the molecule is CC(C)OC(=O)C(C)NP(=O)(OCC1OC(C#N)(c2ccc3c(N)ncnn23)C(C)(F)C1O)Oc1ccc(Cl)cc1. The summed E-state index contributed by atoms with van der Waals surface area (Å²) in [6.07, 6.45) is -2.77. The molecule has 4 N–H and O–H groups in total. The average Bonchev–Trinajstić information content (AvgIpc) is 3.42. The zero-order valence-corrected chi connectivity index (χ0v) is 24.2. The van der Waals surface area contributed by atoms with Gasteiger partial charge in [0.2, 0.25) is 5.60 Å². The van der Waals surface area contributed by atoms with Crippen LogP contribution >= 0.6 is 19.3 Å². The van der Waals surface area contributed by atoms with Crippen molar-refractivity contribution in [3.8, 4) is 11.8 Å². The minimum atomic E-state index is -4.42. The fourth-order valence-corrected chi connectivity index (χ4v) is 5.96. The van der Waals surface area contributed by atoms with Gasteiger partial charge in [0, 0.05) is 5.02 Å². The Hall–Kier alpha value is -3.31. The van der Waals surface area contributed by atoms with E-state index < -0.39 is 55.9 Å². The van der Waals surface area contributed by atoms with Crippen molar-refractivity contribution in [1.29, 1.82) is 5.26 Å². The first-order valence-electron chi connectivity index (χ1n) is 12.5. The maximum Gasteiger partial charge on any atom is 0.459 e. The number of aliphatic hydroxyl groups is 1. The average molecular weight is 611 g/mol. The van der Waals surface area contributed by atoms with Crippen molar-refractivity contribution in [1.82, 2.24) is 19.7 Å². The number of fused-ring (bicyclic) bond motifs is 1. The first kappa shape index (κ1) is 30.6. The monoisotopic (exact) mass is 610 g/mol. The third kappa shape index (κ3) is 5.88. The van der Waals surface area contributed by atoms with Crippen LogP contribution in [0.4, 0.5) is 10.2 Å². The highest BCUT2D eigenvalue weighted by molar-refractivity contribution is 7.52. The van der Waals surface area contributed by atoms with Crippen LogP contribution in [0.25, 0.3) is 5.52 Å². The molecule has 1 aliphatic rings. The highest BCUT2D eigenvalue weighted by atomic mass is 35.5. The van der Waals surface area contributed by atoms with E-state index in [4.69, 9.17) is 35.9 Å². The number of hydrogen-bond donors (Lipinski definition) is 3. The zero-order valence-electron chi connectivity index (χ0n) is 22.5. The number of nitrogens with two attached hydrogens (primary N) is 1. The summed E-state index contributed by atoms with van der Waals surface area (Å²) in [6, 6.07) is 9.33. The highest BCUT2D eigenvalue weighted by Crippen LogP contribution is 2.51. The van der Waals surface area contributed by atoms with Gasteiger partial charge in [-0.1, -0.05) is 11.6 Å². The summed E-state index contributed by atoms with van der Waals surface area (Å²) >= 11 is 5.92.